The molecule has 0 unspecified atom stereocenters. The van der Waals surface area contributed by atoms with Crippen LogP contribution >= 0.6 is 0 Å². The number of H-pyrrole nitrogens is 1. The lowest BCUT2D eigenvalue weighted by atomic mass is 10.1. The van der Waals surface area contributed by atoms with Crippen LogP contribution in [0.3, 0.4) is 0 Å². The van der Waals surface area contributed by atoms with Gasteiger partial charge in [0.1, 0.15) is 11.5 Å². The molecule has 0 atom stereocenters. The van der Waals surface area contributed by atoms with Gasteiger partial charge in [-0.15, -0.1) is 0 Å². The van der Waals surface area contributed by atoms with Crippen molar-refractivity contribution in [3.05, 3.63) is 86.0 Å². The van der Waals surface area contributed by atoms with E-state index in [-0.39, 0.29) is 28.6 Å². The Morgan fingerprint density at radius 1 is 1.27 bits per heavy atom. The lowest BCUT2D eigenvalue weighted by Gasteiger charge is -2.09. The molecule has 0 spiro atoms. The predicted molar refractivity (Wildman–Crippen MR) is 119 cm³/mol. The van der Waals surface area contributed by atoms with E-state index < -0.39 is 10.8 Å². The number of carbonyl (C=O) groups is 1. The first kappa shape index (κ1) is 21.7. The van der Waals surface area contributed by atoms with Crippen molar-refractivity contribution in [2.75, 3.05) is 5.32 Å². The average molecular weight is 448 g/mol. The number of furan rings is 1. The molecular weight excluding hydrogens is 428 g/mol. The fourth-order valence-electron chi connectivity index (χ4n) is 3.29. The molecule has 1 aromatic carbocycles. The third kappa shape index (κ3) is 4.56. The Bertz CT molecular complexity index is 1390. The van der Waals surface area contributed by atoms with Gasteiger partial charge < -0.3 is 9.73 Å². The quantitative estimate of drug-likeness (QED) is 0.324. The minimum Gasteiger partial charge on any atom is -0.463 e. The molecule has 3 heterocycles. The first-order valence-electron chi connectivity index (χ1n) is 10.2. The highest BCUT2D eigenvalue weighted by Crippen LogP contribution is 2.25. The van der Waals surface area contributed by atoms with E-state index in [4.69, 9.17) is 4.42 Å². The van der Waals surface area contributed by atoms with Gasteiger partial charge in [-0.25, -0.2) is 4.98 Å². The summed E-state index contributed by atoms with van der Waals surface area (Å²) in [6.45, 7) is 3.56. The Morgan fingerprint density at radius 3 is 2.79 bits per heavy atom. The summed E-state index contributed by atoms with van der Waals surface area (Å²) in [6.07, 6.45) is 2.88. The minimum absolute atomic E-state index is 0.0979. The SMILES string of the molecule is CCCc1cc(=O)[nH]c(-n2nc(-c3ccco3)cc2NC(=O)c2ccc(C)c([N+](=O)[O-])c2)n1. The zero-order chi connectivity index (χ0) is 23.5. The molecule has 0 bridgehead atoms. The van der Waals surface area contributed by atoms with E-state index in [2.05, 4.69) is 20.4 Å². The summed E-state index contributed by atoms with van der Waals surface area (Å²) in [4.78, 5) is 42.9. The van der Waals surface area contributed by atoms with Gasteiger partial charge in [-0.2, -0.15) is 9.78 Å². The summed E-state index contributed by atoms with van der Waals surface area (Å²) in [5.74, 6) is 0.181. The van der Waals surface area contributed by atoms with Gasteiger partial charge in [0.25, 0.3) is 17.2 Å². The molecule has 33 heavy (non-hydrogen) atoms. The van der Waals surface area contributed by atoms with E-state index in [9.17, 15) is 19.7 Å². The number of nitro benzene ring substituents is 1. The molecule has 0 aliphatic heterocycles. The van der Waals surface area contributed by atoms with E-state index in [1.54, 1.807) is 25.1 Å². The van der Waals surface area contributed by atoms with Crippen molar-refractivity contribution in [2.45, 2.75) is 26.7 Å². The number of benzene rings is 1. The summed E-state index contributed by atoms with van der Waals surface area (Å²) in [7, 11) is 0. The number of aromatic amines is 1. The number of anilines is 1. The second-order valence-electron chi connectivity index (χ2n) is 7.33. The maximum Gasteiger partial charge on any atom is 0.273 e. The third-order valence-corrected chi connectivity index (χ3v) is 4.88. The largest absolute Gasteiger partial charge is 0.463 e. The van der Waals surface area contributed by atoms with Crippen LogP contribution in [-0.4, -0.2) is 30.6 Å². The van der Waals surface area contributed by atoms with Gasteiger partial charge in [0.15, 0.2) is 5.76 Å². The molecule has 0 aliphatic carbocycles. The third-order valence-electron chi connectivity index (χ3n) is 4.88. The van der Waals surface area contributed by atoms with Crippen LogP contribution in [-0.2, 0) is 6.42 Å². The summed E-state index contributed by atoms with van der Waals surface area (Å²) in [6, 6.07) is 10.6. The molecular formula is C22H20N6O5. The monoisotopic (exact) mass is 448 g/mol. The molecule has 0 fully saturated rings. The lowest BCUT2D eigenvalue weighted by Crippen LogP contribution is -2.19. The number of nitro groups is 1. The maximum absolute atomic E-state index is 12.9. The fraction of sp³-hybridized carbons (Fsp3) is 0.182. The van der Waals surface area contributed by atoms with Crippen LogP contribution in [0.4, 0.5) is 11.5 Å². The molecule has 1 amide bonds. The van der Waals surface area contributed by atoms with E-state index in [0.29, 0.717) is 29.1 Å². The van der Waals surface area contributed by atoms with Crippen LogP contribution in [0.1, 0.15) is 35.0 Å². The molecule has 0 aliphatic rings. The molecule has 168 valence electrons. The van der Waals surface area contributed by atoms with Gasteiger partial charge in [-0.3, -0.25) is 24.7 Å². The van der Waals surface area contributed by atoms with Crippen LogP contribution in [0, 0.1) is 17.0 Å². The van der Waals surface area contributed by atoms with Crippen molar-refractivity contribution in [2.24, 2.45) is 0 Å². The Hall–Kier alpha value is -4.54. The van der Waals surface area contributed by atoms with Gasteiger partial charge in [0, 0.05) is 35.0 Å². The zero-order valence-electron chi connectivity index (χ0n) is 17.9. The number of aromatic nitrogens is 4. The summed E-state index contributed by atoms with van der Waals surface area (Å²) in [5.41, 5.74) is 0.999. The normalized spacial score (nSPS) is 10.8. The van der Waals surface area contributed by atoms with E-state index in [1.165, 1.54) is 35.2 Å². The van der Waals surface area contributed by atoms with Crippen LogP contribution in [0.2, 0.25) is 0 Å². The number of amides is 1. The Labute approximate surface area is 187 Å². The molecule has 4 rings (SSSR count). The first-order chi connectivity index (χ1) is 15.9. The number of aryl methyl sites for hydroxylation is 2. The number of carbonyl (C=O) groups excluding carboxylic acids is 1. The summed E-state index contributed by atoms with van der Waals surface area (Å²) < 4.78 is 6.69. The summed E-state index contributed by atoms with van der Waals surface area (Å²) in [5, 5.41) is 18.4. The maximum atomic E-state index is 12.9. The van der Waals surface area contributed by atoms with E-state index in [0.717, 1.165) is 6.42 Å². The fourth-order valence-corrected chi connectivity index (χ4v) is 3.29. The van der Waals surface area contributed by atoms with Crippen LogP contribution < -0.4 is 10.9 Å². The van der Waals surface area contributed by atoms with Gasteiger partial charge >= 0.3 is 0 Å². The van der Waals surface area contributed by atoms with Crippen molar-refractivity contribution >= 4 is 17.4 Å². The van der Waals surface area contributed by atoms with Gasteiger partial charge in [0.05, 0.1) is 11.2 Å². The van der Waals surface area contributed by atoms with Crippen molar-refractivity contribution < 1.29 is 14.1 Å². The highest BCUT2D eigenvalue weighted by atomic mass is 16.6. The highest BCUT2D eigenvalue weighted by Gasteiger charge is 2.20. The summed E-state index contributed by atoms with van der Waals surface area (Å²) >= 11 is 0. The number of hydrogen-bond acceptors (Lipinski definition) is 7. The molecule has 11 heteroatoms. The Balaban J connectivity index is 1.77. The molecule has 0 saturated carbocycles. The zero-order valence-corrected chi connectivity index (χ0v) is 17.9. The number of hydrogen-bond donors (Lipinski definition) is 2. The number of nitrogens with zero attached hydrogens (tertiary/aromatic N) is 4. The average Bonchev–Trinajstić information content (AvgIpc) is 3.43. The molecule has 0 radical (unpaired) electrons. The predicted octanol–water partition coefficient (Wildman–Crippen LogP) is 3.64. The van der Waals surface area contributed by atoms with Crippen molar-refractivity contribution in [3.63, 3.8) is 0 Å². The lowest BCUT2D eigenvalue weighted by molar-refractivity contribution is -0.385. The van der Waals surface area contributed by atoms with Crippen LogP contribution in [0.5, 0.6) is 0 Å². The van der Waals surface area contributed by atoms with Crippen LogP contribution in [0.15, 0.2) is 57.9 Å². The Kier molecular flexibility index (Phi) is 5.85. The van der Waals surface area contributed by atoms with Crippen molar-refractivity contribution in [1.82, 2.24) is 19.7 Å². The molecule has 11 nitrogen and oxygen atoms in total. The van der Waals surface area contributed by atoms with Crippen molar-refractivity contribution in [1.29, 1.82) is 0 Å². The first-order valence-corrected chi connectivity index (χ1v) is 10.2. The van der Waals surface area contributed by atoms with Gasteiger partial charge in [0.2, 0.25) is 5.95 Å². The highest BCUT2D eigenvalue weighted by molar-refractivity contribution is 6.04. The Morgan fingerprint density at radius 2 is 2.09 bits per heavy atom. The van der Waals surface area contributed by atoms with Gasteiger partial charge in [-0.05, 0) is 31.5 Å². The van der Waals surface area contributed by atoms with E-state index >= 15 is 0 Å². The van der Waals surface area contributed by atoms with E-state index in [1.807, 2.05) is 6.92 Å². The second kappa shape index (κ2) is 8.91. The molecule has 2 N–H and O–H groups in total. The standard InChI is InChI=1S/C22H20N6O5/c1-3-5-15-11-20(29)25-22(23-15)27-19(12-16(26-27)18-6-4-9-33-18)24-21(30)14-8-7-13(2)17(10-14)28(31)32/h4,6-12H,3,5H2,1-2H3,(H,24,30)(H,23,25,29). The van der Waals surface area contributed by atoms with Crippen LogP contribution in [0.25, 0.3) is 17.4 Å². The van der Waals surface area contributed by atoms with Gasteiger partial charge in [-0.1, -0.05) is 19.4 Å². The molecule has 4 aromatic rings. The molecule has 3 aromatic heterocycles. The number of rotatable bonds is 7. The second-order valence-corrected chi connectivity index (χ2v) is 7.33. The minimum atomic E-state index is -0.586. The molecule has 0 saturated heterocycles. The number of nitrogens with one attached hydrogen (secondary N) is 2. The van der Waals surface area contributed by atoms with Crippen molar-refractivity contribution in [3.8, 4) is 17.4 Å². The topological polar surface area (TPSA) is 149 Å². The smallest absolute Gasteiger partial charge is 0.273 e.